The Kier molecular flexibility index (Phi) is 14.1. The van der Waals surface area contributed by atoms with Gasteiger partial charge in [0.25, 0.3) is 0 Å². The standard InChI is InChI=1S/C24H30FN3O3Si.C16H24FN3OSi/c1-24(2,3)21-14-28(22(27-21)16-31-32(4)5)18-11-12-20(19(25)13-18)26-23(29)30-15-17-9-7-6-8-10-17;1-16(2,3)14-9-20(15(19-14)10-21-22(4)5)11-6-7-13(18)12(17)8-11/h6-14,32H,15-16H2,1-5H3,(H,26,29);6-9,22H,10,18H2,1-5H3. The van der Waals surface area contributed by atoms with Crippen molar-refractivity contribution in [2.24, 2.45) is 0 Å². The maximum absolute atomic E-state index is 14.8. The summed E-state index contributed by atoms with van der Waals surface area (Å²) in [7, 11) is -2.39. The van der Waals surface area contributed by atoms with E-state index >= 15 is 0 Å². The van der Waals surface area contributed by atoms with Crippen LogP contribution >= 0.6 is 0 Å². The first-order valence-corrected chi connectivity index (χ1v) is 23.6. The van der Waals surface area contributed by atoms with Gasteiger partial charge in [-0.2, -0.15) is 0 Å². The van der Waals surface area contributed by atoms with Crippen LogP contribution in [0.1, 0.15) is 70.1 Å². The van der Waals surface area contributed by atoms with Gasteiger partial charge < -0.3 is 28.5 Å². The van der Waals surface area contributed by atoms with Crippen molar-refractivity contribution in [2.75, 3.05) is 11.1 Å². The number of ether oxygens (including phenoxy) is 1. The van der Waals surface area contributed by atoms with E-state index in [1.54, 1.807) is 18.2 Å². The zero-order valence-corrected chi connectivity index (χ0v) is 35.3. The number of halogens is 2. The van der Waals surface area contributed by atoms with Gasteiger partial charge in [0.1, 0.15) is 29.9 Å². The van der Waals surface area contributed by atoms with E-state index in [0.717, 1.165) is 28.6 Å². The summed E-state index contributed by atoms with van der Waals surface area (Å²) in [4.78, 5) is 21.5. The van der Waals surface area contributed by atoms with Crippen LogP contribution in [0.2, 0.25) is 26.2 Å². The van der Waals surface area contributed by atoms with Gasteiger partial charge in [0.2, 0.25) is 0 Å². The first kappa shape index (κ1) is 42.1. The number of nitrogens with two attached hydrogens (primary N) is 1. The molecule has 0 saturated carbocycles. The lowest BCUT2D eigenvalue weighted by Crippen LogP contribution is -2.15. The van der Waals surface area contributed by atoms with Crippen molar-refractivity contribution in [1.29, 1.82) is 0 Å². The topological polar surface area (TPSA) is 118 Å². The molecular formula is C40H54F2N6O4Si2. The predicted molar refractivity (Wildman–Crippen MR) is 216 cm³/mol. The molecule has 54 heavy (non-hydrogen) atoms. The lowest BCUT2D eigenvalue weighted by molar-refractivity contribution is 0.155. The second-order valence-electron chi connectivity index (χ2n) is 15.6. The molecule has 0 aliphatic carbocycles. The highest BCUT2D eigenvalue weighted by atomic mass is 28.3. The number of hydrogen-bond acceptors (Lipinski definition) is 7. The number of amides is 1. The molecule has 0 aliphatic rings. The number of nitrogen functional groups attached to an aromatic ring is 1. The van der Waals surface area contributed by atoms with Crippen molar-refractivity contribution in [2.45, 2.75) is 98.4 Å². The van der Waals surface area contributed by atoms with Crippen LogP contribution in [-0.2, 0) is 44.2 Å². The van der Waals surface area contributed by atoms with E-state index in [1.807, 2.05) is 51.9 Å². The number of aromatic nitrogens is 4. The summed E-state index contributed by atoms with van der Waals surface area (Å²) in [5.74, 6) is 0.526. The van der Waals surface area contributed by atoms with E-state index in [0.29, 0.717) is 24.6 Å². The first-order valence-electron chi connectivity index (χ1n) is 18.1. The lowest BCUT2D eigenvalue weighted by Gasteiger charge is -2.14. The highest BCUT2D eigenvalue weighted by Gasteiger charge is 2.23. The molecule has 0 bridgehead atoms. The van der Waals surface area contributed by atoms with Gasteiger partial charge in [-0.05, 0) is 56.0 Å². The summed E-state index contributed by atoms with van der Waals surface area (Å²) in [6.07, 6.45) is 3.15. The SMILES string of the molecule is C[SiH](C)OCc1nc(C(C)(C)C)cn1-c1ccc(N)c(F)c1.C[SiH](C)OCc1nc(C(C)(C)C)cn1-c1ccc(NC(=O)OCc2ccccc2)c(F)c1. The van der Waals surface area contributed by atoms with Crippen molar-refractivity contribution < 1.29 is 27.2 Å². The highest BCUT2D eigenvalue weighted by molar-refractivity contribution is 6.48. The fraction of sp³-hybridized carbons (Fsp3) is 0.375. The average Bonchev–Trinajstić information content (AvgIpc) is 3.74. The van der Waals surface area contributed by atoms with Gasteiger partial charge in [0.15, 0.2) is 18.1 Å². The molecule has 0 atom stereocenters. The largest absolute Gasteiger partial charge is 0.444 e. The highest BCUT2D eigenvalue weighted by Crippen LogP contribution is 2.27. The second kappa shape index (κ2) is 18.1. The zero-order chi connectivity index (χ0) is 39.8. The van der Waals surface area contributed by atoms with Gasteiger partial charge in [0.05, 0.1) is 36.0 Å². The van der Waals surface area contributed by atoms with Crippen molar-refractivity contribution in [3.8, 4) is 11.4 Å². The molecule has 5 rings (SSSR count). The number of hydrogen-bond donors (Lipinski definition) is 2. The van der Waals surface area contributed by atoms with E-state index in [9.17, 15) is 13.6 Å². The molecule has 0 radical (unpaired) electrons. The zero-order valence-electron chi connectivity index (χ0n) is 33.0. The number of imidazole rings is 2. The van der Waals surface area contributed by atoms with Crippen LogP contribution in [0.25, 0.3) is 11.4 Å². The summed E-state index contributed by atoms with van der Waals surface area (Å²) in [6, 6.07) is 18.7. The Morgan fingerprint density at radius 3 is 1.65 bits per heavy atom. The minimum atomic E-state index is -1.24. The van der Waals surface area contributed by atoms with E-state index < -0.39 is 35.8 Å². The number of carbonyl (C=O) groups is 1. The molecule has 290 valence electrons. The fourth-order valence-electron chi connectivity index (χ4n) is 4.98. The Balaban J connectivity index is 0.000000258. The van der Waals surface area contributed by atoms with Gasteiger partial charge in [-0.1, -0.05) is 71.9 Å². The number of nitrogens with one attached hydrogen (secondary N) is 1. The Morgan fingerprint density at radius 1 is 0.722 bits per heavy atom. The van der Waals surface area contributed by atoms with Crippen LogP contribution in [0.15, 0.2) is 79.1 Å². The van der Waals surface area contributed by atoms with Crippen molar-refractivity contribution >= 4 is 35.5 Å². The number of nitrogens with zero attached hydrogens (tertiary/aromatic N) is 4. The maximum Gasteiger partial charge on any atom is 0.412 e. The Bertz CT molecular complexity index is 2000. The third-order valence-electron chi connectivity index (χ3n) is 8.13. The van der Waals surface area contributed by atoms with Crippen LogP contribution in [0.3, 0.4) is 0 Å². The minimum Gasteiger partial charge on any atom is -0.444 e. The quantitative estimate of drug-likeness (QED) is 0.102. The fourth-order valence-corrected chi connectivity index (χ4v) is 5.95. The van der Waals surface area contributed by atoms with E-state index in [-0.39, 0.29) is 28.8 Å². The monoisotopic (exact) mass is 776 g/mol. The second-order valence-corrected chi connectivity index (χ2v) is 20.5. The van der Waals surface area contributed by atoms with Crippen LogP contribution in [0.5, 0.6) is 0 Å². The molecule has 3 N–H and O–H groups in total. The van der Waals surface area contributed by atoms with Crippen LogP contribution in [0.4, 0.5) is 25.0 Å². The predicted octanol–water partition coefficient (Wildman–Crippen LogP) is 8.95. The molecule has 0 saturated heterocycles. The summed E-state index contributed by atoms with van der Waals surface area (Å²) >= 11 is 0. The summed E-state index contributed by atoms with van der Waals surface area (Å²) < 4.78 is 49.2. The number of anilines is 2. The molecule has 0 spiro atoms. The van der Waals surface area contributed by atoms with Crippen LogP contribution in [0, 0.1) is 11.6 Å². The van der Waals surface area contributed by atoms with Crippen LogP contribution < -0.4 is 11.1 Å². The Labute approximate surface area is 321 Å². The molecule has 0 fully saturated rings. The first-order chi connectivity index (χ1) is 25.3. The van der Waals surface area contributed by atoms with Gasteiger partial charge in [-0.25, -0.2) is 23.5 Å². The minimum absolute atomic E-state index is 0.0513. The van der Waals surface area contributed by atoms with E-state index in [1.165, 1.54) is 18.2 Å². The third kappa shape index (κ3) is 11.9. The maximum atomic E-state index is 14.8. The summed E-state index contributed by atoms with van der Waals surface area (Å²) in [6.45, 7) is 21.9. The van der Waals surface area contributed by atoms with E-state index in [2.05, 4.69) is 78.0 Å². The molecule has 5 aromatic rings. The molecule has 3 aromatic carbocycles. The lowest BCUT2D eigenvalue weighted by atomic mass is 9.93. The molecule has 2 heterocycles. The number of carbonyl (C=O) groups excluding carboxylic acids is 1. The molecule has 0 unspecified atom stereocenters. The Hall–Kier alpha value is -4.64. The molecule has 2 aromatic heterocycles. The van der Waals surface area contributed by atoms with Crippen molar-refractivity contribution in [3.63, 3.8) is 0 Å². The smallest absolute Gasteiger partial charge is 0.412 e. The molecule has 14 heteroatoms. The Morgan fingerprint density at radius 2 is 1.20 bits per heavy atom. The normalized spacial score (nSPS) is 11.8. The van der Waals surface area contributed by atoms with Crippen molar-refractivity contribution in [1.82, 2.24) is 19.1 Å². The number of rotatable bonds is 11. The molecule has 10 nitrogen and oxygen atoms in total. The van der Waals surface area contributed by atoms with Gasteiger partial charge in [-0.15, -0.1) is 0 Å². The number of benzene rings is 3. The third-order valence-corrected chi connectivity index (χ3v) is 9.80. The van der Waals surface area contributed by atoms with Gasteiger partial charge in [-0.3, -0.25) is 5.32 Å². The summed E-state index contributed by atoms with van der Waals surface area (Å²) in [5, 5.41) is 2.46. The van der Waals surface area contributed by atoms with Gasteiger partial charge in [0, 0.05) is 46.7 Å². The molecular weight excluding hydrogens is 723 g/mol. The molecule has 0 aliphatic heterocycles. The average molecular weight is 777 g/mol. The van der Waals surface area contributed by atoms with Gasteiger partial charge >= 0.3 is 6.09 Å². The van der Waals surface area contributed by atoms with Crippen molar-refractivity contribution in [3.05, 3.63) is 119 Å². The molecule has 1 amide bonds. The van der Waals surface area contributed by atoms with E-state index in [4.69, 9.17) is 24.3 Å². The van der Waals surface area contributed by atoms with Crippen LogP contribution in [-0.4, -0.2) is 43.3 Å². The summed E-state index contributed by atoms with van der Waals surface area (Å²) in [5.41, 5.74) is 9.54.